The molecular weight excluding hydrogens is 208 g/mol. The van der Waals surface area contributed by atoms with E-state index in [0.29, 0.717) is 0 Å². The zero-order chi connectivity index (χ0) is 11.9. The molecule has 0 aliphatic heterocycles. The number of unbranched alkanes of at least 4 members (excludes halogenated alkanes) is 3. The summed E-state index contributed by atoms with van der Waals surface area (Å²) in [7, 11) is 0. The summed E-state index contributed by atoms with van der Waals surface area (Å²) in [6, 6.07) is 10.4. The van der Waals surface area contributed by atoms with Gasteiger partial charge in [0.05, 0.1) is 6.54 Å². The molecule has 2 nitrogen and oxygen atoms in total. The molecule has 2 aromatic rings. The van der Waals surface area contributed by atoms with Crippen molar-refractivity contribution in [3.63, 3.8) is 0 Å². The van der Waals surface area contributed by atoms with Crippen LogP contribution in [0.4, 0.5) is 0 Å². The molecule has 0 aliphatic carbocycles. The van der Waals surface area contributed by atoms with Crippen molar-refractivity contribution in [3.05, 3.63) is 49.1 Å². The molecule has 0 fully saturated rings. The summed E-state index contributed by atoms with van der Waals surface area (Å²) in [4.78, 5) is 0. The standard InChI is InChI=1S/C15H21N2/c1-2-3-4-8-11-16-12-13-17(14-16)15-9-6-5-7-10-15/h5-7,9-10,12-14H,2-4,8,11H2,1H3/q+1. The predicted octanol–water partition coefficient (Wildman–Crippen LogP) is 3.35. The third kappa shape index (κ3) is 3.45. The summed E-state index contributed by atoms with van der Waals surface area (Å²) in [6.07, 6.45) is 11.7. The van der Waals surface area contributed by atoms with Crippen molar-refractivity contribution >= 4 is 0 Å². The van der Waals surface area contributed by atoms with Crippen molar-refractivity contribution in [3.8, 4) is 5.69 Å². The molecule has 0 saturated heterocycles. The number of nitrogens with zero attached hydrogens (tertiary/aromatic N) is 2. The Hall–Kier alpha value is -1.57. The average molecular weight is 229 g/mol. The highest BCUT2D eigenvalue weighted by molar-refractivity contribution is 5.30. The zero-order valence-corrected chi connectivity index (χ0v) is 10.5. The van der Waals surface area contributed by atoms with E-state index in [-0.39, 0.29) is 0 Å². The van der Waals surface area contributed by atoms with E-state index in [4.69, 9.17) is 0 Å². The van der Waals surface area contributed by atoms with Gasteiger partial charge in [0, 0.05) is 0 Å². The molecule has 2 heteroatoms. The summed E-state index contributed by atoms with van der Waals surface area (Å²) in [5.74, 6) is 0. The molecule has 0 saturated carbocycles. The van der Waals surface area contributed by atoms with Gasteiger partial charge in [0.25, 0.3) is 0 Å². The van der Waals surface area contributed by atoms with Crippen LogP contribution < -0.4 is 4.57 Å². The van der Waals surface area contributed by atoms with Gasteiger partial charge >= 0.3 is 0 Å². The van der Waals surface area contributed by atoms with Gasteiger partial charge in [-0.1, -0.05) is 38.0 Å². The van der Waals surface area contributed by atoms with E-state index in [2.05, 4.69) is 59.0 Å². The molecule has 0 N–H and O–H groups in total. The van der Waals surface area contributed by atoms with Gasteiger partial charge in [-0.2, -0.15) is 0 Å². The van der Waals surface area contributed by atoms with Crippen molar-refractivity contribution in [2.24, 2.45) is 0 Å². The van der Waals surface area contributed by atoms with E-state index in [9.17, 15) is 0 Å². The molecule has 90 valence electrons. The van der Waals surface area contributed by atoms with Crippen molar-refractivity contribution in [1.29, 1.82) is 0 Å². The van der Waals surface area contributed by atoms with Crippen molar-refractivity contribution in [1.82, 2.24) is 4.57 Å². The number of aryl methyl sites for hydroxylation is 1. The monoisotopic (exact) mass is 229 g/mol. The second-order valence-electron chi connectivity index (χ2n) is 4.45. The van der Waals surface area contributed by atoms with Crippen molar-refractivity contribution < 1.29 is 4.57 Å². The van der Waals surface area contributed by atoms with Crippen LogP contribution in [-0.4, -0.2) is 4.57 Å². The van der Waals surface area contributed by atoms with Crippen LogP contribution in [-0.2, 0) is 6.54 Å². The van der Waals surface area contributed by atoms with Crippen LogP contribution in [0.1, 0.15) is 32.6 Å². The Kier molecular flexibility index (Phi) is 4.37. The van der Waals surface area contributed by atoms with E-state index in [1.165, 1.54) is 31.4 Å². The van der Waals surface area contributed by atoms with Crippen LogP contribution in [0.3, 0.4) is 0 Å². The van der Waals surface area contributed by atoms with Gasteiger partial charge in [-0.25, -0.2) is 9.13 Å². The normalized spacial score (nSPS) is 10.6. The maximum atomic E-state index is 2.27. The van der Waals surface area contributed by atoms with E-state index in [0.717, 1.165) is 6.54 Å². The van der Waals surface area contributed by atoms with Gasteiger partial charge in [0.1, 0.15) is 18.1 Å². The first kappa shape index (κ1) is 11.9. The highest BCUT2D eigenvalue weighted by Crippen LogP contribution is 2.05. The molecule has 0 aliphatic rings. The number of para-hydroxylation sites is 1. The first-order valence-corrected chi connectivity index (χ1v) is 6.52. The molecule has 0 unspecified atom stereocenters. The summed E-state index contributed by atoms with van der Waals surface area (Å²) in [5.41, 5.74) is 1.22. The molecule has 0 spiro atoms. The van der Waals surface area contributed by atoms with Gasteiger partial charge in [0.15, 0.2) is 0 Å². The second-order valence-corrected chi connectivity index (χ2v) is 4.45. The van der Waals surface area contributed by atoms with Gasteiger partial charge in [-0.15, -0.1) is 0 Å². The molecule has 0 radical (unpaired) electrons. The Morgan fingerprint density at radius 2 is 1.88 bits per heavy atom. The molecule has 2 rings (SSSR count). The number of hydrogen-bond acceptors (Lipinski definition) is 0. The predicted molar refractivity (Wildman–Crippen MR) is 70.1 cm³/mol. The highest BCUT2D eigenvalue weighted by Gasteiger charge is 2.04. The molecule has 1 aromatic carbocycles. The lowest BCUT2D eigenvalue weighted by Crippen LogP contribution is -2.30. The number of benzene rings is 1. The maximum Gasteiger partial charge on any atom is 0.248 e. The molecule has 17 heavy (non-hydrogen) atoms. The van der Waals surface area contributed by atoms with Gasteiger partial charge in [0.2, 0.25) is 6.33 Å². The Morgan fingerprint density at radius 1 is 1.06 bits per heavy atom. The molecular formula is C15H21N2+. The van der Waals surface area contributed by atoms with Crippen molar-refractivity contribution in [2.75, 3.05) is 0 Å². The molecule has 1 heterocycles. The van der Waals surface area contributed by atoms with Gasteiger partial charge < -0.3 is 0 Å². The Bertz CT molecular complexity index is 431. The van der Waals surface area contributed by atoms with E-state index in [1.807, 2.05) is 6.07 Å². The highest BCUT2D eigenvalue weighted by atomic mass is 15.1. The summed E-state index contributed by atoms with van der Waals surface area (Å²) >= 11 is 0. The van der Waals surface area contributed by atoms with Crippen LogP contribution in [0.25, 0.3) is 5.69 Å². The SMILES string of the molecule is CCCCCC[n+]1ccn(-c2ccccc2)c1. The molecule has 0 bridgehead atoms. The van der Waals surface area contributed by atoms with Crippen LogP contribution >= 0.6 is 0 Å². The fourth-order valence-electron chi connectivity index (χ4n) is 2.00. The quantitative estimate of drug-likeness (QED) is 0.530. The Balaban J connectivity index is 1.92. The van der Waals surface area contributed by atoms with Crippen LogP contribution in [0, 0.1) is 0 Å². The van der Waals surface area contributed by atoms with E-state index >= 15 is 0 Å². The summed E-state index contributed by atoms with van der Waals surface area (Å²) in [5, 5.41) is 0. The minimum atomic E-state index is 1.12. The summed E-state index contributed by atoms with van der Waals surface area (Å²) < 4.78 is 4.43. The fourth-order valence-corrected chi connectivity index (χ4v) is 2.00. The lowest BCUT2D eigenvalue weighted by Gasteiger charge is -1.96. The van der Waals surface area contributed by atoms with Crippen molar-refractivity contribution in [2.45, 2.75) is 39.2 Å². The largest absolute Gasteiger partial charge is 0.248 e. The lowest BCUT2D eigenvalue weighted by molar-refractivity contribution is -0.696. The third-order valence-electron chi connectivity index (χ3n) is 3.02. The number of aromatic nitrogens is 2. The molecule has 0 atom stereocenters. The molecule has 0 amide bonds. The minimum Gasteiger partial charge on any atom is -0.236 e. The minimum absolute atomic E-state index is 1.12. The topological polar surface area (TPSA) is 8.81 Å². The second kappa shape index (κ2) is 6.24. The zero-order valence-electron chi connectivity index (χ0n) is 10.5. The van der Waals surface area contributed by atoms with Gasteiger partial charge in [-0.3, -0.25) is 0 Å². The number of imidazole rings is 1. The maximum absolute atomic E-state index is 2.27. The van der Waals surface area contributed by atoms with Crippen LogP contribution in [0.15, 0.2) is 49.1 Å². The number of rotatable bonds is 6. The van der Waals surface area contributed by atoms with E-state index < -0.39 is 0 Å². The number of hydrogen-bond donors (Lipinski definition) is 0. The Labute approximate surface area is 104 Å². The first-order valence-electron chi connectivity index (χ1n) is 6.52. The van der Waals surface area contributed by atoms with Crippen LogP contribution in [0.5, 0.6) is 0 Å². The average Bonchev–Trinajstić information content (AvgIpc) is 2.85. The van der Waals surface area contributed by atoms with Gasteiger partial charge in [-0.05, 0) is 25.0 Å². The molecule has 1 aromatic heterocycles. The van der Waals surface area contributed by atoms with Crippen LogP contribution in [0.2, 0.25) is 0 Å². The third-order valence-corrected chi connectivity index (χ3v) is 3.02. The smallest absolute Gasteiger partial charge is 0.236 e. The Morgan fingerprint density at radius 3 is 2.65 bits per heavy atom. The fraction of sp³-hybridized carbons (Fsp3) is 0.400. The van der Waals surface area contributed by atoms with E-state index in [1.54, 1.807) is 0 Å². The summed E-state index contributed by atoms with van der Waals surface area (Å²) in [6.45, 7) is 3.37. The first-order chi connectivity index (χ1) is 8.40. The lowest BCUT2D eigenvalue weighted by atomic mass is 10.2.